The Hall–Kier alpha value is -3.00. The Bertz CT molecular complexity index is 845. The molecule has 1 N–H and O–H groups in total. The number of nitrogens with zero attached hydrogens (tertiary/aromatic N) is 3. The molecule has 8 heteroatoms. The van der Waals surface area contributed by atoms with Gasteiger partial charge in [0.1, 0.15) is 12.7 Å². The molecule has 0 aliphatic heterocycles. The molecule has 1 amide bonds. The fraction of sp³-hybridized carbons (Fsp3) is 0.222. The minimum absolute atomic E-state index is 0.0904. The van der Waals surface area contributed by atoms with Crippen molar-refractivity contribution in [1.82, 2.24) is 20.1 Å². The van der Waals surface area contributed by atoms with E-state index in [1.807, 2.05) is 29.6 Å². The van der Waals surface area contributed by atoms with E-state index in [9.17, 15) is 9.59 Å². The molecule has 0 fully saturated rings. The van der Waals surface area contributed by atoms with Gasteiger partial charge in [-0.1, -0.05) is 18.2 Å². The lowest BCUT2D eigenvalue weighted by molar-refractivity contribution is -0.141. The number of hydrogen-bond donors (Lipinski definition) is 1. The van der Waals surface area contributed by atoms with Crippen LogP contribution in [0.15, 0.2) is 54.4 Å². The molecule has 7 nitrogen and oxygen atoms in total. The van der Waals surface area contributed by atoms with E-state index in [0.29, 0.717) is 12.1 Å². The minimum atomic E-state index is -0.412. The van der Waals surface area contributed by atoms with Gasteiger partial charge >= 0.3 is 5.97 Å². The summed E-state index contributed by atoms with van der Waals surface area (Å²) in [5.74, 6) is -0.605. The number of amides is 1. The summed E-state index contributed by atoms with van der Waals surface area (Å²) in [4.78, 5) is 29.0. The maximum Gasteiger partial charge on any atom is 0.307 e. The van der Waals surface area contributed by atoms with Crippen LogP contribution in [0.2, 0.25) is 0 Å². The Morgan fingerprint density at radius 3 is 2.69 bits per heavy atom. The molecule has 134 valence electrons. The molecule has 0 radical (unpaired) electrons. The average Bonchev–Trinajstić information content (AvgIpc) is 3.35. The zero-order valence-electron chi connectivity index (χ0n) is 14.2. The van der Waals surface area contributed by atoms with Gasteiger partial charge in [-0.05, 0) is 29.1 Å². The molecular formula is C18H18N4O3S. The fourth-order valence-corrected chi connectivity index (χ4v) is 3.24. The van der Waals surface area contributed by atoms with Crippen LogP contribution in [-0.2, 0) is 16.1 Å². The Balaban J connectivity index is 1.67. The van der Waals surface area contributed by atoms with Crippen LogP contribution in [0.5, 0.6) is 0 Å². The summed E-state index contributed by atoms with van der Waals surface area (Å²) in [6.45, 7) is 0.585. The van der Waals surface area contributed by atoms with Gasteiger partial charge in [0.25, 0.3) is 5.91 Å². The van der Waals surface area contributed by atoms with Crippen molar-refractivity contribution in [3.63, 3.8) is 0 Å². The Labute approximate surface area is 154 Å². The molecule has 0 aliphatic rings. The van der Waals surface area contributed by atoms with E-state index in [1.165, 1.54) is 24.8 Å². The average molecular weight is 370 g/mol. The van der Waals surface area contributed by atoms with Crippen LogP contribution in [0, 0.1) is 0 Å². The predicted octanol–water partition coefficient (Wildman–Crippen LogP) is 2.42. The van der Waals surface area contributed by atoms with Crippen molar-refractivity contribution in [2.24, 2.45) is 0 Å². The zero-order chi connectivity index (χ0) is 18.4. The van der Waals surface area contributed by atoms with E-state index < -0.39 is 6.04 Å². The van der Waals surface area contributed by atoms with Crippen LogP contribution in [0.3, 0.4) is 0 Å². The van der Waals surface area contributed by atoms with Crippen LogP contribution in [0.25, 0.3) is 0 Å². The second-order valence-corrected chi connectivity index (χ2v) is 6.59. The number of nitrogens with one attached hydrogen (secondary N) is 1. The number of ether oxygens (including phenoxy) is 1. The molecule has 0 bridgehead atoms. The van der Waals surface area contributed by atoms with Crippen LogP contribution < -0.4 is 5.32 Å². The van der Waals surface area contributed by atoms with Gasteiger partial charge in [0, 0.05) is 10.4 Å². The fourth-order valence-electron chi connectivity index (χ4n) is 2.47. The van der Waals surface area contributed by atoms with Crippen molar-refractivity contribution in [3.8, 4) is 0 Å². The highest BCUT2D eigenvalue weighted by Crippen LogP contribution is 2.23. The number of hydrogen-bond acceptors (Lipinski definition) is 6. The van der Waals surface area contributed by atoms with E-state index >= 15 is 0 Å². The molecule has 26 heavy (non-hydrogen) atoms. The van der Waals surface area contributed by atoms with Crippen LogP contribution in [-0.4, -0.2) is 33.8 Å². The Morgan fingerprint density at radius 2 is 2.08 bits per heavy atom. The number of methoxy groups -OCH3 is 1. The highest BCUT2D eigenvalue weighted by atomic mass is 32.1. The summed E-state index contributed by atoms with van der Waals surface area (Å²) in [6, 6.07) is 10.6. The molecule has 0 spiro atoms. The Morgan fingerprint density at radius 1 is 1.27 bits per heavy atom. The number of thiophene rings is 1. The number of rotatable bonds is 7. The molecule has 2 heterocycles. The number of carbonyl (C=O) groups excluding carboxylic acids is 2. The second-order valence-electron chi connectivity index (χ2n) is 5.61. The lowest BCUT2D eigenvalue weighted by atomic mass is 10.1. The van der Waals surface area contributed by atoms with Gasteiger partial charge in [0.15, 0.2) is 0 Å². The van der Waals surface area contributed by atoms with E-state index in [4.69, 9.17) is 4.74 Å². The third kappa shape index (κ3) is 4.54. The van der Waals surface area contributed by atoms with Gasteiger partial charge in [0.2, 0.25) is 0 Å². The Kier molecular flexibility index (Phi) is 5.75. The first-order chi connectivity index (χ1) is 12.7. The minimum Gasteiger partial charge on any atom is -0.469 e. The number of aromatic nitrogens is 3. The molecular weight excluding hydrogens is 352 g/mol. The maximum absolute atomic E-state index is 12.6. The lowest BCUT2D eigenvalue weighted by Gasteiger charge is -2.16. The predicted molar refractivity (Wildman–Crippen MR) is 96.7 cm³/mol. The van der Waals surface area contributed by atoms with Gasteiger partial charge in [-0.25, -0.2) is 9.67 Å². The molecule has 0 unspecified atom stereocenters. The molecule has 3 aromatic rings. The van der Waals surface area contributed by atoms with Gasteiger partial charge in [-0.15, -0.1) is 11.3 Å². The molecule has 0 saturated heterocycles. The van der Waals surface area contributed by atoms with Crippen molar-refractivity contribution in [2.45, 2.75) is 19.0 Å². The van der Waals surface area contributed by atoms with Crippen molar-refractivity contribution >= 4 is 23.2 Å². The standard InChI is InChI=1S/C18H18N4O3S/c1-25-17(23)9-15(16-3-2-8-26-16)21-18(24)14-6-4-13(5-7-14)10-22-12-19-11-20-22/h2-8,11-12,15H,9-10H2,1H3,(H,21,24)/t15-/m1/s1. The monoisotopic (exact) mass is 370 g/mol. The first kappa shape index (κ1) is 17.8. The number of esters is 1. The van der Waals surface area contributed by atoms with Gasteiger partial charge in [0.05, 0.1) is 26.1 Å². The summed E-state index contributed by atoms with van der Waals surface area (Å²) in [7, 11) is 1.34. The second kappa shape index (κ2) is 8.39. The summed E-state index contributed by atoms with van der Waals surface area (Å²) in [5, 5.41) is 8.87. The quantitative estimate of drug-likeness (QED) is 0.646. The van der Waals surface area contributed by atoms with E-state index in [2.05, 4.69) is 15.4 Å². The van der Waals surface area contributed by atoms with Crippen molar-refractivity contribution in [2.75, 3.05) is 7.11 Å². The maximum atomic E-state index is 12.6. The summed E-state index contributed by atoms with van der Waals surface area (Å²) in [5.41, 5.74) is 1.54. The van der Waals surface area contributed by atoms with Crippen molar-refractivity contribution in [1.29, 1.82) is 0 Å². The lowest BCUT2D eigenvalue weighted by Crippen LogP contribution is -2.30. The molecule has 3 rings (SSSR count). The first-order valence-corrected chi connectivity index (χ1v) is 8.86. The van der Waals surface area contributed by atoms with Gasteiger partial charge < -0.3 is 10.1 Å². The highest BCUT2D eigenvalue weighted by Gasteiger charge is 2.20. The van der Waals surface area contributed by atoms with Gasteiger partial charge in [-0.3, -0.25) is 9.59 Å². The highest BCUT2D eigenvalue weighted by molar-refractivity contribution is 7.10. The largest absolute Gasteiger partial charge is 0.469 e. The molecule has 0 aliphatic carbocycles. The van der Waals surface area contributed by atoms with Crippen molar-refractivity contribution in [3.05, 3.63) is 70.4 Å². The topological polar surface area (TPSA) is 86.1 Å². The van der Waals surface area contributed by atoms with E-state index in [0.717, 1.165) is 10.4 Å². The first-order valence-electron chi connectivity index (χ1n) is 7.98. The summed E-state index contributed by atoms with van der Waals surface area (Å²) < 4.78 is 6.44. The molecule has 1 aromatic carbocycles. The third-order valence-corrected chi connectivity index (χ3v) is 4.80. The molecule has 2 aromatic heterocycles. The zero-order valence-corrected chi connectivity index (χ0v) is 15.0. The smallest absolute Gasteiger partial charge is 0.307 e. The molecule has 0 saturated carbocycles. The summed E-state index contributed by atoms with van der Waals surface area (Å²) >= 11 is 1.49. The van der Waals surface area contributed by atoms with Crippen LogP contribution in [0.1, 0.15) is 33.3 Å². The van der Waals surface area contributed by atoms with Crippen LogP contribution >= 0.6 is 11.3 Å². The molecule has 1 atom stereocenters. The SMILES string of the molecule is COC(=O)C[C@@H](NC(=O)c1ccc(Cn2cncn2)cc1)c1cccs1. The number of benzene rings is 1. The number of carbonyl (C=O) groups is 2. The van der Waals surface area contributed by atoms with Crippen molar-refractivity contribution < 1.29 is 14.3 Å². The summed E-state index contributed by atoms with van der Waals surface area (Å²) in [6.07, 6.45) is 3.21. The van der Waals surface area contributed by atoms with Crippen LogP contribution in [0.4, 0.5) is 0 Å². The van der Waals surface area contributed by atoms with E-state index in [-0.39, 0.29) is 18.3 Å². The van der Waals surface area contributed by atoms with Gasteiger partial charge in [-0.2, -0.15) is 5.10 Å². The third-order valence-electron chi connectivity index (χ3n) is 3.82. The van der Waals surface area contributed by atoms with E-state index in [1.54, 1.807) is 23.1 Å². The normalized spacial score (nSPS) is 11.7.